The maximum absolute atomic E-state index is 13.5. The second kappa shape index (κ2) is 15.4. The van der Waals surface area contributed by atoms with E-state index in [-0.39, 0.29) is 32.4 Å². The number of hydrogen-bond donors (Lipinski definition) is 4. The van der Waals surface area contributed by atoms with Gasteiger partial charge < -0.3 is 30.3 Å². The van der Waals surface area contributed by atoms with Gasteiger partial charge in [0.05, 0.1) is 21.2 Å². The number of carbonyl (C=O) groups is 2. The van der Waals surface area contributed by atoms with Crippen molar-refractivity contribution in [2.24, 2.45) is 0 Å². The van der Waals surface area contributed by atoms with E-state index < -0.39 is 21.7 Å². The fourth-order valence-corrected chi connectivity index (χ4v) is 6.45. The van der Waals surface area contributed by atoms with Gasteiger partial charge >= 0.3 is 0 Å². The smallest absolute Gasteiger partial charge is 0.255 e. The average Bonchev–Trinajstić information content (AvgIpc) is 3.16. The number of amides is 2. The van der Waals surface area contributed by atoms with Gasteiger partial charge in [-0.05, 0) is 97.1 Å². The van der Waals surface area contributed by atoms with Gasteiger partial charge in [-0.2, -0.15) is 0 Å². The lowest BCUT2D eigenvalue weighted by molar-refractivity contribution is 0.101. The number of sulfone groups is 1. The monoisotopic (exact) mass is 724 g/mol. The van der Waals surface area contributed by atoms with Gasteiger partial charge in [-0.15, -0.1) is 0 Å². The van der Waals surface area contributed by atoms with Gasteiger partial charge in [0.1, 0.15) is 23.0 Å². The third-order valence-corrected chi connectivity index (χ3v) is 9.80. The highest BCUT2D eigenvalue weighted by atomic mass is 32.2. The largest absolute Gasteiger partial charge is 0.507 e. The maximum Gasteiger partial charge on any atom is 0.255 e. The first-order valence-electron chi connectivity index (χ1n) is 16.1. The Bertz CT molecular complexity index is 2290. The number of rotatable bonds is 12. The summed E-state index contributed by atoms with van der Waals surface area (Å²) in [5.74, 6) is 0.230. The molecule has 0 aliphatic rings. The maximum atomic E-state index is 13.5. The first kappa shape index (κ1) is 35.7. The molecule has 0 unspecified atom stereocenters. The van der Waals surface area contributed by atoms with Crippen molar-refractivity contribution in [3.63, 3.8) is 0 Å². The van der Waals surface area contributed by atoms with Gasteiger partial charge in [-0.25, -0.2) is 8.42 Å². The Morgan fingerprint density at radius 2 is 0.925 bits per heavy atom. The van der Waals surface area contributed by atoms with Crippen molar-refractivity contribution in [1.82, 2.24) is 0 Å². The lowest BCUT2D eigenvalue weighted by Crippen LogP contribution is -2.12. The van der Waals surface area contributed by atoms with Crippen LogP contribution in [-0.4, -0.2) is 30.4 Å². The first-order chi connectivity index (χ1) is 25.5. The fraction of sp³-hybridized carbons (Fsp3) is 0. The van der Waals surface area contributed by atoms with Crippen LogP contribution in [0.5, 0.6) is 34.5 Å². The Kier molecular flexibility index (Phi) is 10.4. The molecule has 4 N–H and O–H groups in total. The van der Waals surface area contributed by atoms with E-state index in [1.165, 1.54) is 72.8 Å². The number of para-hydroxylation sites is 4. The highest BCUT2D eigenvalue weighted by Crippen LogP contribution is 2.34. The Morgan fingerprint density at radius 3 is 1.28 bits per heavy atom. The summed E-state index contributed by atoms with van der Waals surface area (Å²) in [6.07, 6.45) is 2.96. The second-order valence-corrected chi connectivity index (χ2v) is 13.5. The topological polar surface area (TPSA) is 151 Å². The van der Waals surface area contributed by atoms with Crippen LogP contribution in [0.1, 0.15) is 31.8 Å². The predicted octanol–water partition coefficient (Wildman–Crippen LogP) is 9.31. The highest BCUT2D eigenvalue weighted by Gasteiger charge is 2.19. The molecule has 0 aromatic heterocycles. The summed E-state index contributed by atoms with van der Waals surface area (Å²) in [5.41, 5.74) is 2.21. The second-order valence-electron chi connectivity index (χ2n) is 11.5. The van der Waals surface area contributed by atoms with Crippen LogP contribution in [0, 0.1) is 0 Å². The van der Waals surface area contributed by atoms with Crippen LogP contribution in [-0.2, 0) is 9.84 Å². The van der Waals surface area contributed by atoms with Crippen molar-refractivity contribution in [2.45, 2.75) is 9.79 Å². The van der Waals surface area contributed by atoms with E-state index in [1.54, 1.807) is 72.8 Å². The quantitative estimate of drug-likeness (QED) is 0.0975. The Balaban J connectivity index is 1.12. The van der Waals surface area contributed by atoms with E-state index in [0.29, 0.717) is 45.5 Å². The number of carbonyl (C=O) groups excluding carboxylic acids is 2. The first-order valence-corrected chi connectivity index (χ1v) is 17.6. The summed E-state index contributed by atoms with van der Waals surface area (Å²) in [6, 6.07) is 34.2. The van der Waals surface area contributed by atoms with E-state index in [1.807, 2.05) is 0 Å². The third kappa shape index (κ3) is 8.11. The number of phenolic OH excluding ortho intramolecular Hbond substituents is 2. The molecule has 0 radical (unpaired) electrons. The lowest BCUT2D eigenvalue weighted by Gasteiger charge is -2.14. The number of ether oxygens (including phenoxy) is 2. The van der Waals surface area contributed by atoms with Gasteiger partial charge in [-0.1, -0.05) is 61.7 Å². The highest BCUT2D eigenvalue weighted by molar-refractivity contribution is 7.91. The van der Waals surface area contributed by atoms with Gasteiger partial charge in [-0.3, -0.25) is 9.59 Å². The van der Waals surface area contributed by atoms with E-state index in [2.05, 4.69) is 23.8 Å². The number of hydrogen-bond acceptors (Lipinski definition) is 8. The molecule has 11 heteroatoms. The zero-order valence-corrected chi connectivity index (χ0v) is 28.8. The summed E-state index contributed by atoms with van der Waals surface area (Å²) in [7, 11) is -3.92. The molecule has 264 valence electrons. The molecule has 0 heterocycles. The van der Waals surface area contributed by atoms with Crippen molar-refractivity contribution in [1.29, 1.82) is 0 Å². The van der Waals surface area contributed by atoms with Crippen molar-refractivity contribution in [3.8, 4) is 34.5 Å². The molecule has 0 spiro atoms. The molecule has 53 heavy (non-hydrogen) atoms. The van der Waals surface area contributed by atoms with Gasteiger partial charge in [0.25, 0.3) is 11.8 Å². The molecule has 0 aliphatic heterocycles. The van der Waals surface area contributed by atoms with E-state index in [4.69, 9.17) is 9.47 Å². The lowest BCUT2D eigenvalue weighted by atomic mass is 10.1. The van der Waals surface area contributed by atoms with Crippen LogP contribution in [0.2, 0.25) is 0 Å². The summed E-state index contributed by atoms with van der Waals surface area (Å²) < 4.78 is 39.0. The number of benzene rings is 6. The van der Waals surface area contributed by atoms with Crippen molar-refractivity contribution in [2.75, 3.05) is 10.6 Å². The van der Waals surface area contributed by atoms with Gasteiger partial charge in [0, 0.05) is 22.3 Å². The van der Waals surface area contributed by atoms with Crippen molar-refractivity contribution < 1.29 is 37.7 Å². The van der Waals surface area contributed by atoms with Crippen molar-refractivity contribution in [3.05, 3.63) is 169 Å². The Hall–Kier alpha value is -7.11. The Labute approximate surface area is 305 Å². The van der Waals surface area contributed by atoms with Gasteiger partial charge in [0.2, 0.25) is 9.84 Å². The molecule has 0 atom stereocenters. The summed E-state index contributed by atoms with van der Waals surface area (Å²) >= 11 is 0. The van der Waals surface area contributed by atoms with Gasteiger partial charge in [0.15, 0.2) is 11.5 Å². The zero-order valence-electron chi connectivity index (χ0n) is 28.0. The molecule has 10 nitrogen and oxygen atoms in total. The molecule has 0 fully saturated rings. The van der Waals surface area contributed by atoms with Crippen LogP contribution in [0.15, 0.2) is 156 Å². The third-order valence-electron chi connectivity index (χ3n) is 8.02. The fourth-order valence-electron chi connectivity index (χ4n) is 5.19. The van der Waals surface area contributed by atoms with E-state index in [0.717, 1.165) is 0 Å². The molecule has 6 rings (SSSR count). The molecular weight excluding hydrogens is 693 g/mol. The van der Waals surface area contributed by atoms with Crippen LogP contribution in [0.25, 0.3) is 12.2 Å². The van der Waals surface area contributed by atoms with E-state index >= 15 is 0 Å². The minimum Gasteiger partial charge on any atom is -0.507 e. The predicted molar refractivity (Wildman–Crippen MR) is 204 cm³/mol. The molecule has 0 bridgehead atoms. The van der Waals surface area contributed by atoms with Crippen LogP contribution in [0.3, 0.4) is 0 Å². The number of nitrogens with one attached hydrogen (secondary N) is 2. The minimum atomic E-state index is -3.92. The standard InChI is InChI=1S/C42H32N2O8S/c1-3-27-13-15-29(25-37(27)45)41(47)43-35-9-5-7-11-39(35)51-31-17-21-33(22-18-31)53(49,50)34-23-19-32(20-24-34)52-40-12-8-6-10-36(40)44-42(48)30-16-14-28(4-2)38(46)26-30/h3-26,45-46H,1-2H2,(H,43,47)(H,44,48). The molecule has 0 aliphatic carbocycles. The summed E-state index contributed by atoms with van der Waals surface area (Å²) in [5, 5.41) is 25.8. The number of phenols is 2. The molecule has 0 saturated heterocycles. The van der Waals surface area contributed by atoms with Crippen molar-refractivity contribution >= 4 is 45.2 Å². The molecular formula is C42H32N2O8S. The average molecular weight is 725 g/mol. The molecule has 6 aromatic carbocycles. The molecule has 2 amide bonds. The molecule has 0 saturated carbocycles. The van der Waals surface area contributed by atoms with Crippen LogP contribution < -0.4 is 20.1 Å². The zero-order chi connectivity index (χ0) is 37.5. The SMILES string of the molecule is C=Cc1ccc(C(=O)Nc2ccccc2Oc2ccc(S(=O)(=O)c3ccc(Oc4ccccc4NC(=O)c4ccc(C=C)c(O)c4)cc3)cc2)cc1O. The normalized spacial score (nSPS) is 10.9. The summed E-state index contributed by atoms with van der Waals surface area (Å²) in [6.45, 7) is 7.25. The van der Waals surface area contributed by atoms with Crippen LogP contribution in [0.4, 0.5) is 11.4 Å². The van der Waals surface area contributed by atoms with Crippen LogP contribution >= 0.6 is 0 Å². The summed E-state index contributed by atoms with van der Waals surface area (Å²) in [4.78, 5) is 25.9. The number of aromatic hydroxyl groups is 2. The number of anilines is 2. The van der Waals surface area contributed by atoms with E-state index in [9.17, 15) is 28.2 Å². The molecule has 6 aromatic rings. The minimum absolute atomic E-state index is 0.0307. The Morgan fingerprint density at radius 1 is 0.547 bits per heavy atom.